The molecule has 1 aliphatic heterocycles. The lowest BCUT2D eigenvalue weighted by molar-refractivity contribution is -0.146. The summed E-state index contributed by atoms with van der Waals surface area (Å²) >= 11 is 1.26. The van der Waals surface area contributed by atoms with Gasteiger partial charge in [0.1, 0.15) is 6.10 Å². The standard InChI is InChI=1S/C21H23FO4S/c1-15(23)26-21-19(22)20(25-13-17-10-6-3-7-11-17)18(27-21)14-24-12-16-8-4-2-5-9-16/h2-11,18-21H,12-14H2,1H3/t18-,19+,20-,21?/m1/s1. The molecule has 4 nitrogen and oxygen atoms in total. The highest BCUT2D eigenvalue weighted by molar-refractivity contribution is 8.00. The zero-order valence-electron chi connectivity index (χ0n) is 15.1. The number of ether oxygens (including phenoxy) is 3. The maximum atomic E-state index is 14.8. The lowest BCUT2D eigenvalue weighted by atomic mass is 10.1. The maximum Gasteiger partial charge on any atom is 0.303 e. The van der Waals surface area contributed by atoms with Crippen LogP contribution in [-0.2, 0) is 32.2 Å². The Morgan fingerprint density at radius 1 is 1.00 bits per heavy atom. The summed E-state index contributed by atoms with van der Waals surface area (Å²) in [5, 5.41) is -0.253. The molecule has 144 valence electrons. The first-order chi connectivity index (χ1) is 13.1. The van der Waals surface area contributed by atoms with Gasteiger partial charge >= 0.3 is 5.97 Å². The van der Waals surface area contributed by atoms with Gasteiger partial charge in [0.2, 0.25) is 0 Å². The normalized spacial score (nSPS) is 24.7. The van der Waals surface area contributed by atoms with Crippen LogP contribution in [0.5, 0.6) is 0 Å². The third-order valence-corrected chi connectivity index (χ3v) is 5.59. The van der Waals surface area contributed by atoms with Crippen molar-refractivity contribution in [1.29, 1.82) is 0 Å². The summed E-state index contributed by atoms with van der Waals surface area (Å²) in [6.45, 7) is 2.34. The van der Waals surface area contributed by atoms with Crippen LogP contribution in [0, 0.1) is 0 Å². The summed E-state index contributed by atoms with van der Waals surface area (Å²) in [6.07, 6.45) is -2.09. The van der Waals surface area contributed by atoms with Crippen molar-refractivity contribution in [3.8, 4) is 0 Å². The van der Waals surface area contributed by atoms with Crippen LogP contribution in [0.2, 0.25) is 0 Å². The molecule has 3 rings (SSSR count). The molecule has 0 spiro atoms. The summed E-state index contributed by atoms with van der Waals surface area (Å²) in [5.74, 6) is -0.497. The van der Waals surface area contributed by atoms with E-state index < -0.39 is 23.7 Å². The topological polar surface area (TPSA) is 44.8 Å². The third kappa shape index (κ3) is 5.79. The highest BCUT2D eigenvalue weighted by Crippen LogP contribution is 2.39. The predicted octanol–water partition coefficient (Wildman–Crippen LogP) is 4.13. The van der Waals surface area contributed by atoms with Gasteiger partial charge in [0.05, 0.1) is 25.1 Å². The molecule has 1 fully saturated rings. The average Bonchev–Trinajstić information content (AvgIpc) is 2.96. The van der Waals surface area contributed by atoms with Crippen molar-refractivity contribution < 1.29 is 23.4 Å². The minimum absolute atomic E-state index is 0.253. The van der Waals surface area contributed by atoms with Crippen LogP contribution in [0.3, 0.4) is 0 Å². The fraction of sp³-hybridized carbons (Fsp3) is 0.381. The molecular formula is C21H23FO4S. The number of carbonyl (C=O) groups excluding carboxylic acids is 1. The van der Waals surface area contributed by atoms with Crippen molar-refractivity contribution in [1.82, 2.24) is 0 Å². The number of carbonyl (C=O) groups is 1. The Hall–Kier alpha value is -1.89. The molecule has 2 aromatic carbocycles. The second-order valence-electron chi connectivity index (χ2n) is 6.36. The van der Waals surface area contributed by atoms with Gasteiger partial charge in [0.25, 0.3) is 0 Å². The number of esters is 1. The lowest BCUT2D eigenvalue weighted by Crippen LogP contribution is -2.35. The molecule has 1 heterocycles. The van der Waals surface area contributed by atoms with Crippen LogP contribution in [0.15, 0.2) is 60.7 Å². The highest BCUT2D eigenvalue weighted by atomic mass is 32.2. The lowest BCUT2D eigenvalue weighted by Gasteiger charge is -2.20. The van der Waals surface area contributed by atoms with Gasteiger partial charge in [0, 0.05) is 6.92 Å². The largest absolute Gasteiger partial charge is 0.448 e. The zero-order valence-corrected chi connectivity index (χ0v) is 15.9. The molecule has 0 aromatic heterocycles. The predicted molar refractivity (Wildman–Crippen MR) is 103 cm³/mol. The molecule has 0 radical (unpaired) electrons. The second kappa shape index (κ2) is 9.88. The first kappa shape index (κ1) is 19.9. The first-order valence-corrected chi connectivity index (χ1v) is 9.81. The van der Waals surface area contributed by atoms with Gasteiger partial charge in [-0.3, -0.25) is 4.79 Å². The van der Waals surface area contributed by atoms with Crippen molar-refractivity contribution in [3.05, 3.63) is 71.8 Å². The number of alkyl halides is 1. The Kier molecular flexibility index (Phi) is 7.26. The minimum Gasteiger partial charge on any atom is -0.448 e. The van der Waals surface area contributed by atoms with E-state index in [0.717, 1.165) is 11.1 Å². The van der Waals surface area contributed by atoms with E-state index in [-0.39, 0.29) is 5.25 Å². The van der Waals surface area contributed by atoms with Crippen molar-refractivity contribution in [2.75, 3.05) is 6.61 Å². The van der Waals surface area contributed by atoms with Crippen LogP contribution < -0.4 is 0 Å². The van der Waals surface area contributed by atoms with E-state index in [0.29, 0.717) is 19.8 Å². The number of rotatable bonds is 8. The number of benzene rings is 2. The summed E-state index contributed by atoms with van der Waals surface area (Å²) in [7, 11) is 0. The van der Waals surface area contributed by atoms with Gasteiger partial charge in [-0.1, -0.05) is 60.7 Å². The average molecular weight is 390 g/mol. The molecule has 4 atom stereocenters. The van der Waals surface area contributed by atoms with Crippen molar-refractivity contribution in [2.45, 2.75) is 43.1 Å². The first-order valence-electron chi connectivity index (χ1n) is 8.87. The van der Waals surface area contributed by atoms with Gasteiger partial charge in [-0.05, 0) is 11.1 Å². The van der Waals surface area contributed by atoms with Crippen LogP contribution >= 0.6 is 11.8 Å². The molecule has 6 heteroatoms. The van der Waals surface area contributed by atoms with E-state index in [2.05, 4.69) is 0 Å². The van der Waals surface area contributed by atoms with Gasteiger partial charge in [0.15, 0.2) is 11.6 Å². The molecule has 1 aliphatic rings. The zero-order chi connectivity index (χ0) is 19.1. The fourth-order valence-corrected chi connectivity index (χ4v) is 4.31. The molecule has 0 aliphatic carbocycles. The van der Waals surface area contributed by atoms with E-state index in [9.17, 15) is 9.18 Å². The van der Waals surface area contributed by atoms with E-state index >= 15 is 0 Å². The Labute approximate surface area is 163 Å². The summed E-state index contributed by atoms with van der Waals surface area (Å²) < 4.78 is 31.6. The number of hydrogen-bond acceptors (Lipinski definition) is 5. The van der Waals surface area contributed by atoms with Crippen molar-refractivity contribution in [3.63, 3.8) is 0 Å². The van der Waals surface area contributed by atoms with Crippen LogP contribution in [0.25, 0.3) is 0 Å². The Morgan fingerprint density at radius 2 is 1.59 bits per heavy atom. The molecule has 0 bridgehead atoms. The van der Waals surface area contributed by atoms with Crippen molar-refractivity contribution in [2.24, 2.45) is 0 Å². The summed E-state index contributed by atoms with van der Waals surface area (Å²) in [4.78, 5) is 11.3. The third-order valence-electron chi connectivity index (χ3n) is 4.21. The fourth-order valence-electron chi connectivity index (χ4n) is 2.91. The van der Waals surface area contributed by atoms with Crippen LogP contribution in [-0.4, -0.2) is 35.5 Å². The summed E-state index contributed by atoms with van der Waals surface area (Å²) in [5.41, 5.74) is 1.15. The number of thioether (sulfide) groups is 1. The number of hydrogen-bond donors (Lipinski definition) is 0. The van der Waals surface area contributed by atoms with E-state index in [1.54, 1.807) is 0 Å². The quantitative estimate of drug-likeness (QED) is 0.634. The molecule has 1 saturated heterocycles. The van der Waals surface area contributed by atoms with Crippen LogP contribution in [0.4, 0.5) is 4.39 Å². The minimum atomic E-state index is -1.40. The molecule has 1 unspecified atom stereocenters. The molecule has 2 aromatic rings. The Morgan fingerprint density at radius 3 is 2.19 bits per heavy atom. The smallest absolute Gasteiger partial charge is 0.303 e. The molecular weight excluding hydrogens is 367 g/mol. The summed E-state index contributed by atoms with van der Waals surface area (Å²) in [6, 6.07) is 19.4. The molecule has 0 N–H and O–H groups in total. The van der Waals surface area contributed by atoms with Gasteiger partial charge < -0.3 is 14.2 Å². The Bertz CT molecular complexity index is 713. The second-order valence-corrected chi connectivity index (χ2v) is 7.70. The highest BCUT2D eigenvalue weighted by Gasteiger charge is 2.47. The Balaban J connectivity index is 1.59. The molecule has 27 heavy (non-hydrogen) atoms. The maximum absolute atomic E-state index is 14.8. The van der Waals surface area contributed by atoms with Crippen molar-refractivity contribution >= 4 is 17.7 Å². The van der Waals surface area contributed by atoms with E-state index in [4.69, 9.17) is 14.2 Å². The molecule has 0 amide bonds. The monoisotopic (exact) mass is 390 g/mol. The van der Waals surface area contributed by atoms with E-state index in [1.807, 2.05) is 60.7 Å². The SMILES string of the molecule is CC(=O)OC1S[C@H](COCc2ccccc2)[C@@H](OCc2ccccc2)[C@@H]1F. The van der Waals surface area contributed by atoms with Gasteiger partial charge in [-0.2, -0.15) is 0 Å². The van der Waals surface area contributed by atoms with Gasteiger partial charge in [-0.15, -0.1) is 11.8 Å². The van der Waals surface area contributed by atoms with Gasteiger partial charge in [-0.25, -0.2) is 4.39 Å². The number of halogens is 1. The van der Waals surface area contributed by atoms with E-state index in [1.165, 1.54) is 18.7 Å². The van der Waals surface area contributed by atoms with Crippen LogP contribution in [0.1, 0.15) is 18.1 Å². The molecule has 0 saturated carbocycles.